The number of ether oxygens (including phenoxy) is 2. The number of aryl methyl sites for hydroxylation is 1. The zero-order chi connectivity index (χ0) is 27.7. The second-order valence-corrected chi connectivity index (χ2v) is 9.61. The van der Waals surface area contributed by atoms with E-state index in [1.54, 1.807) is 32.0 Å². The molecule has 11 nitrogen and oxygen atoms in total. The second-order valence-electron chi connectivity index (χ2n) is 9.61. The van der Waals surface area contributed by atoms with Crippen LogP contribution in [0.3, 0.4) is 0 Å². The van der Waals surface area contributed by atoms with Gasteiger partial charge in [-0.15, -0.1) is 0 Å². The summed E-state index contributed by atoms with van der Waals surface area (Å²) in [4.78, 5) is 40.3. The summed E-state index contributed by atoms with van der Waals surface area (Å²) in [6.07, 6.45) is 0.645. The number of hydrogen-bond acceptors (Lipinski definition) is 8. The number of hydrogen-bond donors (Lipinski definition) is 5. The topological polar surface area (TPSA) is 175 Å². The minimum atomic E-state index is -1.14. The molecular weight excluding hydrogens is 488 g/mol. The number of rotatable bonds is 13. The van der Waals surface area contributed by atoms with E-state index in [9.17, 15) is 14.4 Å². The van der Waals surface area contributed by atoms with Crippen LogP contribution in [-0.2, 0) is 20.8 Å². The highest BCUT2D eigenvalue weighted by molar-refractivity contribution is 5.98. The molecule has 0 saturated carbocycles. The van der Waals surface area contributed by atoms with Crippen LogP contribution in [0.25, 0.3) is 0 Å². The van der Waals surface area contributed by atoms with E-state index in [4.69, 9.17) is 26.7 Å². The van der Waals surface area contributed by atoms with Gasteiger partial charge in [-0.3, -0.25) is 14.4 Å². The Bertz CT molecular complexity index is 1100. The summed E-state index contributed by atoms with van der Waals surface area (Å²) >= 11 is 0. The molecule has 2 aromatic carbocycles. The third-order valence-corrected chi connectivity index (χ3v) is 6.00. The van der Waals surface area contributed by atoms with Gasteiger partial charge in [0, 0.05) is 51.8 Å². The molecule has 2 atom stereocenters. The molecule has 1 aliphatic rings. The van der Waals surface area contributed by atoms with Crippen LogP contribution in [0, 0.1) is 0 Å². The van der Waals surface area contributed by atoms with Crippen LogP contribution in [0.2, 0.25) is 0 Å². The number of carbonyl (C=O) groups is 3. The quantitative estimate of drug-likeness (QED) is 0.254. The van der Waals surface area contributed by atoms with E-state index in [2.05, 4.69) is 10.6 Å². The SMILES string of the molecule is CC1(C)Oc2ccc(NC(=O)C(CCc3ccccc3)NC(=O)C(N)CC(=O)N(CCN)CCN)cc2O1. The highest BCUT2D eigenvalue weighted by Crippen LogP contribution is 2.40. The Kier molecular flexibility index (Phi) is 10.1. The van der Waals surface area contributed by atoms with Crippen molar-refractivity contribution in [3.05, 3.63) is 54.1 Å². The maximum absolute atomic E-state index is 13.3. The number of carbonyl (C=O) groups excluding carboxylic acids is 3. The van der Waals surface area contributed by atoms with E-state index in [1.807, 2.05) is 30.3 Å². The van der Waals surface area contributed by atoms with Crippen LogP contribution in [-0.4, -0.2) is 66.7 Å². The number of amides is 3. The molecule has 0 radical (unpaired) electrons. The van der Waals surface area contributed by atoms with Gasteiger partial charge in [-0.25, -0.2) is 0 Å². The van der Waals surface area contributed by atoms with Crippen molar-refractivity contribution in [3.63, 3.8) is 0 Å². The summed E-state index contributed by atoms with van der Waals surface area (Å²) in [7, 11) is 0. The molecular formula is C27H38N6O5. The largest absolute Gasteiger partial charge is 0.449 e. The van der Waals surface area contributed by atoms with Gasteiger partial charge in [0.25, 0.3) is 0 Å². The molecule has 206 valence electrons. The lowest BCUT2D eigenvalue weighted by molar-refractivity contribution is -0.134. The van der Waals surface area contributed by atoms with E-state index < -0.39 is 29.7 Å². The van der Waals surface area contributed by atoms with Crippen molar-refractivity contribution in [2.75, 3.05) is 31.5 Å². The molecule has 8 N–H and O–H groups in total. The van der Waals surface area contributed by atoms with Crippen molar-refractivity contribution in [1.29, 1.82) is 0 Å². The smallest absolute Gasteiger partial charge is 0.246 e. The molecule has 3 amide bonds. The number of fused-ring (bicyclic) bond motifs is 1. The van der Waals surface area contributed by atoms with E-state index >= 15 is 0 Å². The summed E-state index contributed by atoms with van der Waals surface area (Å²) in [5.41, 5.74) is 18.7. The van der Waals surface area contributed by atoms with Crippen molar-refractivity contribution < 1.29 is 23.9 Å². The van der Waals surface area contributed by atoms with Gasteiger partial charge in [-0.05, 0) is 30.5 Å². The van der Waals surface area contributed by atoms with Gasteiger partial charge in [-0.1, -0.05) is 30.3 Å². The average molecular weight is 527 g/mol. The number of benzene rings is 2. The van der Waals surface area contributed by atoms with Crippen LogP contribution < -0.4 is 37.3 Å². The van der Waals surface area contributed by atoms with Gasteiger partial charge in [0.1, 0.15) is 6.04 Å². The van der Waals surface area contributed by atoms with Gasteiger partial charge in [0.05, 0.1) is 12.5 Å². The summed E-state index contributed by atoms with van der Waals surface area (Å²) in [5, 5.41) is 5.57. The number of nitrogens with zero attached hydrogens (tertiary/aromatic N) is 1. The van der Waals surface area contributed by atoms with Crippen LogP contribution in [0.15, 0.2) is 48.5 Å². The summed E-state index contributed by atoms with van der Waals surface area (Å²) in [6, 6.07) is 12.7. The number of nitrogens with one attached hydrogen (secondary N) is 2. The van der Waals surface area contributed by atoms with Gasteiger partial charge >= 0.3 is 0 Å². The first-order valence-corrected chi connectivity index (χ1v) is 12.7. The molecule has 38 heavy (non-hydrogen) atoms. The highest BCUT2D eigenvalue weighted by Gasteiger charge is 2.32. The van der Waals surface area contributed by atoms with Crippen molar-refractivity contribution in [3.8, 4) is 11.5 Å². The summed E-state index contributed by atoms with van der Waals surface area (Å²) in [5.74, 6) is -1.04. The van der Waals surface area contributed by atoms with Crippen LogP contribution >= 0.6 is 0 Å². The third kappa shape index (κ3) is 8.17. The normalized spacial score (nSPS) is 14.9. The first-order valence-electron chi connectivity index (χ1n) is 12.7. The molecule has 1 heterocycles. The first kappa shape index (κ1) is 28.9. The fourth-order valence-corrected chi connectivity index (χ4v) is 4.12. The van der Waals surface area contributed by atoms with E-state index in [0.29, 0.717) is 43.1 Å². The zero-order valence-corrected chi connectivity index (χ0v) is 21.9. The molecule has 2 unspecified atom stereocenters. The third-order valence-electron chi connectivity index (χ3n) is 6.00. The average Bonchev–Trinajstić information content (AvgIpc) is 3.19. The van der Waals surface area contributed by atoms with Crippen molar-refractivity contribution in [1.82, 2.24) is 10.2 Å². The minimum Gasteiger partial charge on any atom is -0.449 e. The Morgan fingerprint density at radius 3 is 2.26 bits per heavy atom. The molecule has 1 aliphatic heterocycles. The van der Waals surface area contributed by atoms with Crippen molar-refractivity contribution in [2.45, 2.75) is 51.0 Å². The minimum absolute atomic E-state index is 0.225. The molecule has 0 saturated heterocycles. The zero-order valence-electron chi connectivity index (χ0n) is 21.9. The molecule has 11 heteroatoms. The molecule has 0 aliphatic carbocycles. The van der Waals surface area contributed by atoms with Crippen molar-refractivity contribution >= 4 is 23.4 Å². The molecule has 0 spiro atoms. The molecule has 3 rings (SSSR count). The Morgan fingerprint density at radius 1 is 0.947 bits per heavy atom. The summed E-state index contributed by atoms with van der Waals surface area (Å²) in [6.45, 7) is 4.76. The lowest BCUT2D eigenvalue weighted by Crippen LogP contribution is -2.52. The van der Waals surface area contributed by atoms with Gasteiger partial charge < -0.3 is 42.2 Å². The van der Waals surface area contributed by atoms with Crippen LogP contribution in [0.5, 0.6) is 11.5 Å². The molecule has 0 bridgehead atoms. The molecule has 2 aromatic rings. The fraction of sp³-hybridized carbons (Fsp3) is 0.444. The predicted molar refractivity (Wildman–Crippen MR) is 144 cm³/mol. The maximum Gasteiger partial charge on any atom is 0.246 e. The maximum atomic E-state index is 13.3. The summed E-state index contributed by atoms with van der Waals surface area (Å²) < 4.78 is 11.5. The first-order chi connectivity index (χ1) is 18.1. The lowest BCUT2D eigenvalue weighted by atomic mass is 10.0. The monoisotopic (exact) mass is 526 g/mol. The van der Waals surface area contributed by atoms with E-state index in [0.717, 1.165) is 5.56 Å². The Balaban J connectivity index is 1.68. The Labute approximate surface area is 223 Å². The highest BCUT2D eigenvalue weighted by atomic mass is 16.7. The van der Waals surface area contributed by atoms with Crippen LogP contribution in [0.1, 0.15) is 32.3 Å². The van der Waals surface area contributed by atoms with Gasteiger partial charge in [0.15, 0.2) is 11.5 Å². The molecule has 0 aromatic heterocycles. The standard InChI is InChI=1S/C27H38N6O5/c1-27(2)37-22-11-9-19(16-23(22)38-27)31-26(36)21(10-8-18-6-4-3-5-7-18)32-25(35)20(30)17-24(34)33(14-12-28)15-13-29/h3-7,9,11,16,20-21H,8,10,12-15,17,28-30H2,1-2H3,(H,31,36)(H,32,35). The fourth-order valence-electron chi connectivity index (χ4n) is 4.12. The molecule has 0 fully saturated rings. The Hall–Kier alpha value is -3.67. The number of nitrogens with two attached hydrogens (primary N) is 3. The van der Waals surface area contributed by atoms with Gasteiger partial charge in [0.2, 0.25) is 23.5 Å². The second kappa shape index (κ2) is 13.2. The van der Waals surface area contributed by atoms with Crippen molar-refractivity contribution in [2.24, 2.45) is 17.2 Å². The number of anilines is 1. The van der Waals surface area contributed by atoms with Crippen LogP contribution in [0.4, 0.5) is 5.69 Å². The van der Waals surface area contributed by atoms with E-state index in [-0.39, 0.29) is 25.4 Å². The lowest BCUT2D eigenvalue weighted by Gasteiger charge is -2.24. The van der Waals surface area contributed by atoms with E-state index in [1.165, 1.54) is 4.90 Å². The predicted octanol–water partition coefficient (Wildman–Crippen LogP) is 0.713. The van der Waals surface area contributed by atoms with Gasteiger partial charge in [-0.2, -0.15) is 0 Å². The Morgan fingerprint density at radius 2 is 1.61 bits per heavy atom.